The molecule has 3 rings (SSSR count). The smallest absolute Gasteiger partial charge is 0.471 e. The van der Waals surface area contributed by atoms with Gasteiger partial charge in [-0.1, -0.05) is 30.3 Å². The summed E-state index contributed by atoms with van der Waals surface area (Å²) in [4.78, 5) is 24.1. The summed E-state index contributed by atoms with van der Waals surface area (Å²) in [5, 5.41) is 4.45. The molecule has 2 atom stereocenters. The van der Waals surface area contributed by atoms with Gasteiger partial charge in [0, 0.05) is 13.6 Å². The number of carbonyl (C=O) groups excluding carboxylic acids is 2. The summed E-state index contributed by atoms with van der Waals surface area (Å²) in [5.41, 5.74) is 1.42. The molecule has 3 amide bonds. The first-order chi connectivity index (χ1) is 15.3. The van der Waals surface area contributed by atoms with Crippen LogP contribution in [-0.2, 0) is 14.8 Å². The molecular formula is C20H21F3N4O5S. The Kier molecular flexibility index (Phi) is 6.72. The van der Waals surface area contributed by atoms with Crippen LogP contribution in [0.15, 0.2) is 48.5 Å². The predicted octanol–water partition coefficient (Wildman–Crippen LogP) is 2.70. The van der Waals surface area contributed by atoms with E-state index in [0.717, 1.165) is 16.7 Å². The number of alkyl halides is 3. The number of hydrogen-bond acceptors (Lipinski definition) is 6. The number of benzene rings is 2. The number of fused-ring (bicyclic) bond motifs is 1. The number of amides is 3. The van der Waals surface area contributed by atoms with E-state index in [0.29, 0.717) is 11.4 Å². The summed E-state index contributed by atoms with van der Waals surface area (Å²) in [6, 6.07) is 11.6. The van der Waals surface area contributed by atoms with Crippen LogP contribution < -0.4 is 20.1 Å². The van der Waals surface area contributed by atoms with Crippen LogP contribution in [0.2, 0.25) is 0 Å². The first kappa shape index (κ1) is 24.2. The molecule has 0 saturated heterocycles. The third-order valence-corrected chi connectivity index (χ3v) is 5.27. The second kappa shape index (κ2) is 9.17. The lowest BCUT2D eigenvalue weighted by atomic mass is 9.99. The van der Waals surface area contributed by atoms with Crippen molar-refractivity contribution in [2.75, 3.05) is 29.9 Å². The number of likely N-dealkylation sites (N-methyl/N-ethyl adjacent to an activating group) is 1. The summed E-state index contributed by atoms with van der Waals surface area (Å²) in [7, 11) is -2.29. The number of rotatable bonds is 5. The van der Waals surface area contributed by atoms with E-state index >= 15 is 0 Å². The minimum absolute atomic E-state index is 0.139. The fourth-order valence-electron chi connectivity index (χ4n) is 3.24. The molecule has 0 bridgehead atoms. The molecular weight excluding hydrogens is 465 g/mol. The van der Waals surface area contributed by atoms with Crippen LogP contribution in [0.5, 0.6) is 5.75 Å². The molecule has 0 saturated carbocycles. The average molecular weight is 486 g/mol. The number of urea groups is 1. The van der Waals surface area contributed by atoms with Gasteiger partial charge in [-0.2, -0.15) is 13.2 Å². The number of carbonyl (C=O) groups is 2. The van der Waals surface area contributed by atoms with Crippen molar-refractivity contribution in [3.8, 4) is 5.75 Å². The van der Waals surface area contributed by atoms with Crippen LogP contribution in [0.1, 0.15) is 11.7 Å². The third-order valence-electron chi connectivity index (χ3n) is 4.67. The number of halogens is 3. The van der Waals surface area contributed by atoms with Gasteiger partial charge in [0.05, 0.1) is 23.7 Å². The number of anilines is 2. The molecule has 33 heavy (non-hydrogen) atoms. The SMILES string of the molecule is CN(CC1Nc2cc(NS(C)(=O)=O)ccc2OC1c1ccccc1)C(=O)NC(=O)C(F)(F)F. The number of nitrogens with one attached hydrogen (secondary N) is 3. The molecule has 13 heteroatoms. The molecule has 0 radical (unpaired) electrons. The molecule has 1 aliphatic heterocycles. The van der Waals surface area contributed by atoms with Gasteiger partial charge >= 0.3 is 18.1 Å². The first-order valence-electron chi connectivity index (χ1n) is 9.57. The van der Waals surface area contributed by atoms with E-state index in [-0.39, 0.29) is 12.2 Å². The minimum atomic E-state index is -5.20. The number of nitrogens with zero attached hydrogens (tertiary/aromatic N) is 1. The Hall–Kier alpha value is -3.48. The Morgan fingerprint density at radius 2 is 1.82 bits per heavy atom. The molecule has 0 aliphatic carbocycles. The third kappa shape index (κ3) is 6.28. The second-order valence-electron chi connectivity index (χ2n) is 7.42. The maximum atomic E-state index is 12.5. The van der Waals surface area contributed by atoms with Crippen molar-refractivity contribution in [3.63, 3.8) is 0 Å². The Morgan fingerprint density at radius 3 is 2.42 bits per heavy atom. The van der Waals surface area contributed by atoms with E-state index < -0.39 is 40.3 Å². The topological polar surface area (TPSA) is 117 Å². The fraction of sp³-hybridized carbons (Fsp3) is 0.300. The fourth-order valence-corrected chi connectivity index (χ4v) is 3.80. The van der Waals surface area contributed by atoms with Gasteiger partial charge in [-0.05, 0) is 23.8 Å². The van der Waals surface area contributed by atoms with Crippen molar-refractivity contribution in [1.82, 2.24) is 10.2 Å². The molecule has 2 unspecified atom stereocenters. The molecule has 9 nitrogen and oxygen atoms in total. The average Bonchev–Trinajstić information content (AvgIpc) is 2.72. The quantitative estimate of drug-likeness (QED) is 0.599. The Bertz CT molecular complexity index is 1140. The summed E-state index contributed by atoms with van der Waals surface area (Å²) in [5.74, 6) is -1.95. The van der Waals surface area contributed by atoms with Gasteiger partial charge in [0.1, 0.15) is 11.9 Å². The molecule has 1 aliphatic rings. The Morgan fingerprint density at radius 1 is 1.15 bits per heavy atom. The normalized spacial score (nSPS) is 17.7. The second-order valence-corrected chi connectivity index (χ2v) is 9.17. The lowest BCUT2D eigenvalue weighted by Crippen LogP contribution is -2.50. The highest BCUT2D eigenvalue weighted by atomic mass is 32.2. The molecule has 0 aromatic heterocycles. The first-order valence-corrected chi connectivity index (χ1v) is 11.5. The van der Waals surface area contributed by atoms with Gasteiger partial charge in [0.25, 0.3) is 0 Å². The van der Waals surface area contributed by atoms with Gasteiger partial charge in [0.2, 0.25) is 10.0 Å². The highest BCUT2D eigenvalue weighted by Gasteiger charge is 2.40. The van der Waals surface area contributed by atoms with Crippen LogP contribution in [0.3, 0.4) is 0 Å². The molecule has 178 valence electrons. The van der Waals surface area contributed by atoms with Crippen molar-refractivity contribution < 1.29 is 35.9 Å². The maximum Gasteiger partial charge on any atom is 0.471 e. The van der Waals surface area contributed by atoms with Crippen molar-refractivity contribution in [3.05, 3.63) is 54.1 Å². The highest BCUT2D eigenvalue weighted by molar-refractivity contribution is 7.92. The molecule has 0 spiro atoms. The number of sulfonamides is 1. The zero-order valence-electron chi connectivity index (χ0n) is 17.5. The van der Waals surface area contributed by atoms with E-state index in [9.17, 15) is 31.2 Å². The minimum Gasteiger partial charge on any atom is -0.481 e. The van der Waals surface area contributed by atoms with Gasteiger partial charge in [-0.25, -0.2) is 13.2 Å². The van der Waals surface area contributed by atoms with E-state index in [2.05, 4.69) is 10.0 Å². The standard InChI is InChI=1S/C20H21F3N4O5S/c1-27(19(29)25-18(28)20(21,22)23)11-15-17(12-6-4-3-5-7-12)32-16-9-8-13(10-14(16)24-15)26-33(2,30)31/h3-10,15,17,24,26H,11H2,1-2H3,(H,25,28,29). The van der Waals surface area contributed by atoms with Gasteiger partial charge in [-0.3, -0.25) is 14.8 Å². The van der Waals surface area contributed by atoms with Crippen molar-refractivity contribution in [2.45, 2.75) is 18.3 Å². The number of hydrogen-bond donors (Lipinski definition) is 3. The zero-order chi connectivity index (χ0) is 24.4. The molecule has 0 fully saturated rings. The van der Waals surface area contributed by atoms with Gasteiger partial charge in [0.15, 0.2) is 0 Å². The van der Waals surface area contributed by atoms with Crippen LogP contribution in [0, 0.1) is 0 Å². The van der Waals surface area contributed by atoms with Crippen LogP contribution in [0.4, 0.5) is 29.3 Å². The maximum absolute atomic E-state index is 12.5. The lowest BCUT2D eigenvalue weighted by molar-refractivity contribution is -0.172. The van der Waals surface area contributed by atoms with Crippen molar-refractivity contribution >= 4 is 33.3 Å². The molecule has 2 aromatic rings. The van der Waals surface area contributed by atoms with E-state index in [1.54, 1.807) is 36.4 Å². The van der Waals surface area contributed by atoms with Crippen LogP contribution in [0.25, 0.3) is 0 Å². The van der Waals surface area contributed by atoms with Gasteiger partial charge in [-0.15, -0.1) is 0 Å². The molecule has 1 heterocycles. The van der Waals surface area contributed by atoms with E-state index in [1.165, 1.54) is 24.5 Å². The largest absolute Gasteiger partial charge is 0.481 e. The summed E-state index contributed by atoms with van der Waals surface area (Å²) < 4.78 is 68.9. The summed E-state index contributed by atoms with van der Waals surface area (Å²) in [6.07, 6.45) is -4.83. The lowest BCUT2D eigenvalue weighted by Gasteiger charge is -2.37. The van der Waals surface area contributed by atoms with Crippen LogP contribution >= 0.6 is 0 Å². The predicted molar refractivity (Wildman–Crippen MR) is 114 cm³/mol. The van der Waals surface area contributed by atoms with Crippen molar-refractivity contribution in [2.24, 2.45) is 0 Å². The Balaban J connectivity index is 1.85. The van der Waals surface area contributed by atoms with Crippen LogP contribution in [-0.4, -0.2) is 57.3 Å². The number of ether oxygens (including phenoxy) is 1. The van der Waals surface area contributed by atoms with E-state index in [4.69, 9.17) is 4.74 Å². The van der Waals surface area contributed by atoms with E-state index in [1.807, 2.05) is 0 Å². The van der Waals surface area contributed by atoms with Crippen molar-refractivity contribution in [1.29, 1.82) is 0 Å². The number of imide groups is 1. The Labute approximate surface area is 188 Å². The molecule has 3 N–H and O–H groups in total. The zero-order valence-corrected chi connectivity index (χ0v) is 18.3. The van der Waals surface area contributed by atoms with Gasteiger partial charge < -0.3 is 15.0 Å². The summed E-state index contributed by atoms with van der Waals surface area (Å²) >= 11 is 0. The highest BCUT2D eigenvalue weighted by Crippen LogP contribution is 2.39. The molecule has 2 aromatic carbocycles. The summed E-state index contributed by atoms with van der Waals surface area (Å²) in [6.45, 7) is -0.139. The monoisotopic (exact) mass is 486 g/mol.